The predicted octanol–water partition coefficient (Wildman–Crippen LogP) is 2.45. The molecule has 1 atom stereocenters. The van der Waals surface area contributed by atoms with Crippen molar-refractivity contribution in [2.45, 2.75) is 23.8 Å². The van der Waals surface area contributed by atoms with Crippen LogP contribution in [0, 0.1) is 5.92 Å². The van der Waals surface area contributed by atoms with Crippen molar-refractivity contribution in [3.63, 3.8) is 0 Å². The molecule has 0 N–H and O–H groups in total. The molecule has 1 fully saturated rings. The maximum absolute atomic E-state index is 11.5. The standard InChI is InChI=1S/C14H14N4O4S3/c19-25(20)4-2-9(8-25)5-11-16-17-14(21-11)24-7-12-15-13(18-22-12)10-1-3-23-6-10/h1,3,6,9H,2,4-5,7-8H2. The first-order chi connectivity index (χ1) is 12.1. The van der Waals surface area contributed by atoms with Crippen molar-refractivity contribution in [3.05, 3.63) is 28.6 Å². The summed E-state index contributed by atoms with van der Waals surface area (Å²) in [5.74, 6) is 2.44. The molecular weight excluding hydrogens is 384 g/mol. The van der Waals surface area contributed by atoms with E-state index in [0.29, 0.717) is 41.4 Å². The summed E-state index contributed by atoms with van der Waals surface area (Å²) >= 11 is 2.88. The van der Waals surface area contributed by atoms with Crippen LogP contribution in [0.5, 0.6) is 0 Å². The van der Waals surface area contributed by atoms with Crippen molar-refractivity contribution in [3.8, 4) is 11.4 Å². The number of hydrogen-bond donors (Lipinski definition) is 0. The lowest BCUT2D eigenvalue weighted by atomic mass is 10.1. The lowest BCUT2D eigenvalue weighted by Gasteiger charge is -2.01. The molecule has 4 heterocycles. The number of thiophene rings is 1. The molecule has 0 amide bonds. The van der Waals surface area contributed by atoms with Gasteiger partial charge in [0.15, 0.2) is 9.84 Å². The van der Waals surface area contributed by atoms with E-state index >= 15 is 0 Å². The molecule has 0 spiro atoms. The van der Waals surface area contributed by atoms with E-state index in [0.717, 1.165) is 5.56 Å². The van der Waals surface area contributed by atoms with Gasteiger partial charge in [-0.05, 0) is 23.8 Å². The molecule has 0 radical (unpaired) electrons. The van der Waals surface area contributed by atoms with Crippen molar-refractivity contribution in [2.75, 3.05) is 11.5 Å². The molecule has 1 unspecified atom stereocenters. The van der Waals surface area contributed by atoms with Gasteiger partial charge in [-0.1, -0.05) is 16.9 Å². The van der Waals surface area contributed by atoms with Crippen LogP contribution in [0.3, 0.4) is 0 Å². The van der Waals surface area contributed by atoms with Crippen LogP contribution in [0.25, 0.3) is 11.4 Å². The predicted molar refractivity (Wildman–Crippen MR) is 91.9 cm³/mol. The van der Waals surface area contributed by atoms with E-state index in [1.54, 1.807) is 11.3 Å². The van der Waals surface area contributed by atoms with Gasteiger partial charge in [0.25, 0.3) is 5.22 Å². The van der Waals surface area contributed by atoms with E-state index < -0.39 is 9.84 Å². The quantitative estimate of drug-likeness (QED) is 0.578. The molecule has 1 saturated heterocycles. The summed E-state index contributed by atoms with van der Waals surface area (Å²) in [6.07, 6.45) is 1.15. The molecule has 8 nitrogen and oxygen atoms in total. The third-order valence-electron chi connectivity index (χ3n) is 3.80. The number of thioether (sulfide) groups is 1. The topological polar surface area (TPSA) is 112 Å². The summed E-state index contributed by atoms with van der Waals surface area (Å²) in [6, 6.07) is 1.93. The summed E-state index contributed by atoms with van der Waals surface area (Å²) in [6.45, 7) is 0. The van der Waals surface area contributed by atoms with Crippen LogP contribution < -0.4 is 0 Å². The molecule has 0 saturated carbocycles. The largest absolute Gasteiger partial charge is 0.416 e. The number of aromatic nitrogens is 4. The van der Waals surface area contributed by atoms with Gasteiger partial charge in [-0.3, -0.25) is 0 Å². The van der Waals surface area contributed by atoms with E-state index in [1.165, 1.54) is 11.8 Å². The maximum atomic E-state index is 11.5. The molecule has 3 aromatic heterocycles. The van der Waals surface area contributed by atoms with Crippen molar-refractivity contribution >= 4 is 32.9 Å². The molecule has 3 aromatic rings. The second-order valence-electron chi connectivity index (χ2n) is 5.75. The second-order valence-corrected chi connectivity index (χ2v) is 9.68. The Bertz CT molecular complexity index is 949. The van der Waals surface area contributed by atoms with E-state index in [4.69, 9.17) is 8.94 Å². The van der Waals surface area contributed by atoms with E-state index in [-0.39, 0.29) is 17.4 Å². The molecule has 1 aliphatic heterocycles. The number of hydrogen-bond acceptors (Lipinski definition) is 10. The molecular formula is C14H14N4O4S3. The fourth-order valence-electron chi connectivity index (χ4n) is 2.60. The van der Waals surface area contributed by atoms with Crippen LogP contribution in [0.4, 0.5) is 0 Å². The van der Waals surface area contributed by atoms with Gasteiger partial charge >= 0.3 is 0 Å². The number of sulfone groups is 1. The minimum absolute atomic E-state index is 0.0624. The van der Waals surface area contributed by atoms with E-state index in [1.807, 2.05) is 16.8 Å². The normalized spacial score (nSPS) is 19.4. The van der Waals surface area contributed by atoms with Gasteiger partial charge in [0, 0.05) is 17.4 Å². The Morgan fingerprint density at radius 2 is 2.24 bits per heavy atom. The van der Waals surface area contributed by atoms with Gasteiger partial charge in [0.2, 0.25) is 17.6 Å². The first-order valence-electron chi connectivity index (χ1n) is 7.58. The highest BCUT2D eigenvalue weighted by molar-refractivity contribution is 7.98. The Hall–Kier alpha value is -1.72. The lowest BCUT2D eigenvalue weighted by molar-refractivity contribution is 0.383. The fourth-order valence-corrected chi connectivity index (χ4v) is 5.72. The first-order valence-corrected chi connectivity index (χ1v) is 11.3. The minimum atomic E-state index is -2.89. The van der Waals surface area contributed by atoms with E-state index in [2.05, 4.69) is 20.3 Å². The Labute approximate surface area is 152 Å². The van der Waals surface area contributed by atoms with Gasteiger partial charge in [-0.2, -0.15) is 16.3 Å². The SMILES string of the molecule is O=S1(=O)CCC(Cc2nnc(SCc3nc(-c4ccsc4)no3)o2)C1. The zero-order valence-corrected chi connectivity index (χ0v) is 15.4. The van der Waals surface area contributed by atoms with Crippen LogP contribution in [0.15, 0.2) is 31.0 Å². The lowest BCUT2D eigenvalue weighted by Crippen LogP contribution is -2.07. The summed E-state index contributed by atoms with van der Waals surface area (Å²) in [4.78, 5) is 4.33. The van der Waals surface area contributed by atoms with Gasteiger partial charge < -0.3 is 8.94 Å². The monoisotopic (exact) mass is 398 g/mol. The third kappa shape index (κ3) is 4.10. The average molecular weight is 398 g/mol. The highest BCUT2D eigenvalue weighted by Crippen LogP contribution is 2.26. The first kappa shape index (κ1) is 16.7. The zero-order chi connectivity index (χ0) is 17.3. The molecule has 0 aromatic carbocycles. The Morgan fingerprint density at radius 3 is 3.00 bits per heavy atom. The van der Waals surface area contributed by atoms with Crippen LogP contribution in [0.2, 0.25) is 0 Å². The fraction of sp³-hybridized carbons (Fsp3) is 0.429. The van der Waals surface area contributed by atoms with Crippen molar-refractivity contribution in [1.82, 2.24) is 20.3 Å². The number of rotatable bonds is 6. The highest BCUT2D eigenvalue weighted by Gasteiger charge is 2.29. The summed E-state index contributed by atoms with van der Waals surface area (Å²) in [7, 11) is -2.89. The van der Waals surface area contributed by atoms with Gasteiger partial charge in [0.05, 0.1) is 17.3 Å². The Morgan fingerprint density at radius 1 is 1.32 bits per heavy atom. The second kappa shape index (κ2) is 6.89. The summed E-state index contributed by atoms with van der Waals surface area (Å²) < 4.78 is 33.8. The van der Waals surface area contributed by atoms with Crippen molar-refractivity contribution in [2.24, 2.45) is 5.92 Å². The molecule has 25 heavy (non-hydrogen) atoms. The van der Waals surface area contributed by atoms with Gasteiger partial charge in [-0.25, -0.2) is 8.42 Å². The maximum Gasteiger partial charge on any atom is 0.277 e. The van der Waals surface area contributed by atoms with Crippen LogP contribution in [-0.2, 0) is 22.0 Å². The molecule has 0 aliphatic carbocycles. The molecule has 4 rings (SSSR count). The summed E-state index contributed by atoms with van der Waals surface area (Å²) in [5.41, 5.74) is 0.927. The van der Waals surface area contributed by atoms with Gasteiger partial charge in [-0.15, -0.1) is 10.2 Å². The van der Waals surface area contributed by atoms with Crippen LogP contribution in [-0.4, -0.2) is 40.3 Å². The highest BCUT2D eigenvalue weighted by atomic mass is 32.2. The number of nitrogens with zero attached hydrogens (tertiary/aromatic N) is 4. The Kier molecular flexibility index (Phi) is 4.61. The van der Waals surface area contributed by atoms with Crippen molar-refractivity contribution in [1.29, 1.82) is 0 Å². The van der Waals surface area contributed by atoms with Crippen LogP contribution >= 0.6 is 23.1 Å². The van der Waals surface area contributed by atoms with Crippen LogP contribution in [0.1, 0.15) is 18.2 Å². The summed E-state index contributed by atoms with van der Waals surface area (Å²) in [5, 5.41) is 16.2. The molecule has 11 heteroatoms. The zero-order valence-electron chi connectivity index (χ0n) is 13.0. The minimum Gasteiger partial charge on any atom is -0.416 e. The Balaban J connectivity index is 1.33. The molecule has 0 bridgehead atoms. The smallest absolute Gasteiger partial charge is 0.277 e. The molecule has 132 valence electrons. The van der Waals surface area contributed by atoms with E-state index in [9.17, 15) is 8.42 Å². The van der Waals surface area contributed by atoms with Gasteiger partial charge in [0.1, 0.15) is 0 Å². The third-order valence-corrected chi connectivity index (χ3v) is 7.13. The van der Waals surface area contributed by atoms with Crippen molar-refractivity contribution < 1.29 is 17.4 Å². The molecule has 1 aliphatic rings. The average Bonchev–Trinajstić information content (AvgIpc) is 3.32.